The van der Waals surface area contributed by atoms with Crippen LogP contribution in [0.15, 0.2) is 30.1 Å². The van der Waals surface area contributed by atoms with E-state index in [1.807, 2.05) is 12.2 Å². The van der Waals surface area contributed by atoms with Crippen molar-refractivity contribution < 1.29 is 34.0 Å². The molecule has 4 unspecified atom stereocenters. The standard InChI is InChI=1S/C31H46N2O7/c1-20(35)39-26(18-29(40-21(2)36)25-8-6-4-5-7-22(15-25)12-14-34)10-9-23-16-30(38-3)28(37)19-27(23)24-11-13-33-31(32)17-24/h11,16-17,19,22,25-26,29,33-34,37H,4-10,12-15,18,32H2,1-3H3. The lowest BCUT2D eigenvalue weighted by atomic mass is 9.78. The minimum Gasteiger partial charge on any atom is -0.504 e. The summed E-state index contributed by atoms with van der Waals surface area (Å²) in [6.07, 6.45) is 11.3. The van der Waals surface area contributed by atoms with Crippen molar-refractivity contribution in [2.24, 2.45) is 17.6 Å². The molecule has 1 aromatic rings. The molecule has 1 aliphatic heterocycles. The zero-order chi connectivity index (χ0) is 29.1. The summed E-state index contributed by atoms with van der Waals surface area (Å²) in [6, 6.07) is 3.48. The van der Waals surface area contributed by atoms with Crippen LogP contribution in [0.5, 0.6) is 11.5 Å². The number of hydrogen-bond donors (Lipinski definition) is 4. The van der Waals surface area contributed by atoms with E-state index in [0.717, 1.165) is 61.6 Å². The first-order valence-electron chi connectivity index (χ1n) is 14.5. The fourth-order valence-corrected chi connectivity index (χ4v) is 6.04. The monoisotopic (exact) mass is 558 g/mol. The molecule has 0 bridgehead atoms. The molecule has 0 aromatic heterocycles. The fourth-order valence-electron chi connectivity index (χ4n) is 6.04. The summed E-state index contributed by atoms with van der Waals surface area (Å²) in [5, 5.41) is 23.1. The minimum absolute atomic E-state index is 0.0285. The molecule has 1 aromatic carbocycles. The number of methoxy groups -OCH3 is 1. The number of allylic oxidation sites excluding steroid dienone is 2. The number of esters is 2. The quantitative estimate of drug-likeness (QED) is 0.276. The van der Waals surface area contributed by atoms with Crippen LogP contribution in [0, 0.1) is 11.8 Å². The number of rotatable bonds is 12. The van der Waals surface area contributed by atoms with Gasteiger partial charge in [0.1, 0.15) is 12.2 Å². The van der Waals surface area contributed by atoms with E-state index in [4.69, 9.17) is 19.9 Å². The normalized spacial score (nSPS) is 21.0. The molecule has 1 aliphatic carbocycles. The molecule has 1 saturated carbocycles. The maximum Gasteiger partial charge on any atom is 0.302 e. The Morgan fingerprint density at radius 2 is 1.88 bits per heavy atom. The first kappa shape index (κ1) is 31.3. The molecule has 5 N–H and O–H groups in total. The van der Waals surface area contributed by atoms with Crippen molar-refractivity contribution in [1.82, 2.24) is 5.32 Å². The molecular weight excluding hydrogens is 512 g/mol. The SMILES string of the molecule is COc1cc(CCC(CC(OC(C)=O)C2CCCCCC(CCO)C2)OC(C)=O)c(C2=CCNC(N)=C2)cc1O. The summed E-state index contributed by atoms with van der Waals surface area (Å²) in [7, 11) is 1.50. The lowest BCUT2D eigenvalue weighted by molar-refractivity contribution is -0.156. The van der Waals surface area contributed by atoms with Gasteiger partial charge in [0, 0.05) is 33.4 Å². The predicted molar refractivity (Wildman–Crippen MR) is 153 cm³/mol. The lowest BCUT2D eigenvalue weighted by Gasteiger charge is -2.33. The largest absolute Gasteiger partial charge is 0.504 e. The van der Waals surface area contributed by atoms with Gasteiger partial charge in [-0.2, -0.15) is 0 Å². The van der Waals surface area contributed by atoms with E-state index in [2.05, 4.69) is 5.32 Å². The summed E-state index contributed by atoms with van der Waals surface area (Å²) < 4.78 is 17.0. The van der Waals surface area contributed by atoms with Crippen molar-refractivity contribution >= 4 is 17.5 Å². The zero-order valence-electron chi connectivity index (χ0n) is 24.1. The molecule has 9 nitrogen and oxygen atoms in total. The van der Waals surface area contributed by atoms with Crippen molar-refractivity contribution in [1.29, 1.82) is 0 Å². The second kappa shape index (κ2) is 15.6. The highest BCUT2D eigenvalue weighted by atomic mass is 16.6. The Kier molecular flexibility index (Phi) is 12.2. The average molecular weight is 559 g/mol. The molecule has 40 heavy (non-hydrogen) atoms. The number of aliphatic hydroxyl groups excluding tert-OH is 1. The maximum absolute atomic E-state index is 12.2. The molecule has 222 valence electrons. The number of aliphatic hydroxyl groups is 1. The van der Waals surface area contributed by atoms with Crippen molar-refractivity contribution in [3.8, 4) is 11.5 Å². The van der Waals surface area contributed by atoms with Gasteiger partial charge < -0.3 is 35.5 Å². The Morgan fingerprint density at radius 3 is 2.55 bits per heavy atom. The second-order valence-corrected chi connectivity index (χ2v) is 11.0. The van der Waals surface area contributed by atoms with E-state index >= 15 is 0 Å². The van der Waals surface area contributed by atoms with E-state index in [-0.39, 0.29) is 36.3 Å². The van der Waals surface area contributed by atoms with E-state index in [1.165, 1.54) is 21.0 Å². The van der Waals surface area contributed by atoms with Gasteiger partial charge >= 0.3 is 11.9 Å². The number of aryl methyl sites for hydroxylation is 1. The van der Waals surface area contributed by atoms with Crippen LogP contribution in [0.2, 0.25) is 0 Å². The van der Waals surface area contributed by atoms with Crippen LogP contribution in [0.1, 0.15) is 82.8 Å². The third-order valence-corrected chi connectivity index (χ3v) is 7.92. The van der Waals surface area contributed by atoms with Gasteiger partial charge in [0.15, 0.2) is 11.5 Å². The molecule has 1 fully saturated rings. The summed E-state index contributed by atoms with van der Waals surface area (Å²) in [4.78, 5) is 24.3. The first-order valence-corrected chi connectivity index (χ1v) is 14.5. The van der Waals surface area contributed by atoms with Crippen LogP contribution in [-0.4, -0.2) is 54.6 Å². The van der Waals surface area contributed by atoms with Gasteiger partial charge in [0.25, 0.3) is 0 Å². The molecular formula is C31H46N2O7. The summed E-state index contributed by atoms with van der Waals surface area (Å²) in [6.45, 7) is 3.53. The third-order valence-electron chi connectivity index (χ3n) is 7.92. The molecule has 0 radical (unpaired) electrons. The van der Waals surface area contributed by atoms with Crippen molar-refractivity contribution in [3.05, 3.63) is 41.2 Å². The number of ether oxygens (including phenoxy) is 3. The highest BCUT2D eigenvalue weighted by Crippen LogP contribution is 2.36. The van der Waals surface area contributed by atoms with E-state index in [9.17, 15) is 19.8 Å². The predicted octanol–water partition coefficient (Wildman–Crippen LogP) is 4.34. The summed E-state index contributed by atoms with van der Waals surface area (Å²) >= 11 is 0. The van der Waals surface area contributed by atoms with Gasteiger partial charge in [-0.25, -0.2) is 0 Å². The molecule has 2 aliphatic rings. The highest BCUT2D eigenvalue weighted by Gasteiger charge is 2.31. The fraction of sp³-hybridized carbons (Fsp3) is 0.613. The number of dihydropyridines is 1. The Labute approximate surface area is 237 Å². The van der Waals surface area contributed by atoms with Gasteiger partial charge in [-0.3, -0.25) is 9.59 Å². The second-order valence-electron chi connectivity index (χ2n) is 11.0. The molecule has 0 amide bonds. The van der Waals surface area contributed by atoms with Gasteiger partial charge in [-0.1, -0.05) is 31.8 Å². The van der Waals surface area contributed by atoms with E-state index in [0.29, 0.717) is 43.3 Å². The number of nitrogens with one attached hydrogen (secondary N) is 1. The number of carbonyl (C=O) groups is 2. The van der Waals surface area contributed by atoms with Crippen LogP contribution in [0.3, 0.4) is 0 Å². The van der Waals surface area contributed by atoms with Crippen molar-refractivity contribution in [3.63, 3.8) is 0 Å². The minimum atomic E-state index is -0.473. The average Bonchev–Trinajstić information content (AvgIpc) is 2.88. The first-order chi connectivity index (χ1) is 19.2. The van der Waals surface area contributed by atoms with Crippen molar-refractivity contribution in [2.45, 2.75) is 90.3 Å². The molecule has 4 atom stereocenters. The number of phenolic OH excluding ortho intramolecular Hbond substituents is 1. The smallest absolute Gasteiger partial charge is 0.302 e. The Hall–Kier alpha value is -3.20. The van der Waals surface area contributed by atoms with E-state index < -0.39 is 6.10 Å². The van der Waals surface area contributed by atoms with Crippen LogP contribution in [0.4, 0.5) is 0 Å². The molecule has 9 heteroatoms. The zero-order valence-corrected chi connectivity index (χ0v) is 24.1. The van der Waals surface area contributed by atoms with Crippen LogP contribution >= 0.6 is 0 Å². The van der Waals surface area contributed by atoms with Gasteiger partial charge in [-0.05, 0) is 78.8 Å². The molecule has 1 heterocycles. The summed E-state index contributed by atoms with van der Waals surface area (Å²) in [5.74, 6) is 0.710. The third kappa shape index (κ3) is 9.47. The van der Waals surface area contributed by atoms with Crippen LogP contribution < -0.4 is 15.8 Å². The Balaban J connectivity index is 1.85. The molecule has 0 spiro atoms. The Morgan fingerprint density at radius 1 is 1.12 bits per heavy atom. The number of carbonyl (C=O) groups excluding carboxylic acids is 2. The highest BCUT2D eigenvalue weighted by molar-refractivity contribution is 5.79. The molecule has 3 rings (SSSR count). The number of benzene rings is 1. The van der Waals surface area contributed by atoms with Crippen molar-refractivity contribution in [2.75, 3.05) is 20.3 Å². The maximum atomic E-state index is 12.2. The molecule has 0 saturated heterocycles. The number of nitrogens with two attached hydrogens (primary N) is 1. The summed E-state index contributed by atoms with van der Waals surface area (Å²) in [5.41, 5.74) is 8.64. The number of phenols is 1. The van der Waals surface area contributed by atoms with Crippen LogP contribution in [0.25, 0.3) is 5.57 Å². The number of hydrogen-bond acceptors (Lipinski definition) is 9. The number of aromatic hydroxyl groups is 1. The van der Waals surface area contributed by atoms with Crippen LogP contribution in [-0.2, 0) is 25.5 Å². The van der Waals surface area contributed by atoms with E-state index in [1.54, 1.807) is 12.1 Å². The lowest BCUT2D eigenvalue weighted by Crippen LogP contribution is -2.34. The Bertz CT molecular complexity index is 1070. The van der Waals surface area contributed by atoms with Gasteiger partial charge in [0.05, 0.1) is 12.9 Å². The van der Waals surface area contributed by atoms with Gasteiger partial charge in [-0.15, -0.1) is 0 Å². The van der Waals surface area contributed by atoms with Gasteiger partial charge in [0.2, 0.25) is 0 Å². The topological polar surface area (TPSA) is 140 Å².